The van der Waals surface area contributed by atoms with Gasteiger partial charge in [-0.3, -0.25) is 4.79 Å². The monoisotopic (exact) mass is 195 g/mol. The van der Waals surface area contributed by atoms with E-state index in [1.807, 2.05) is 0 Å². The normalized spacial score (nSPS) is 21.7. The van der Waals surface area contributed by atoms with Crippen LogP contribution in [0.15, 0.2) is 24.3 Å². The molecule has 1 heterocycles. The number of hydrogen-bond donors (Lipinski definition) is 1. The molecule has 1 amide bonds. The Balaban J connectivity index is 2.27. The van der Waals surface area contributed by atoms with Crippen molar-refractivity contribution in [1.29, 1.82) is 0 Å². The summed E-state index contributed by atoms with van der Waals surface area (Å²) in [6, 6.07) is 5.80. The molecule has 1 saturated heterocycles. The fourth-order valence-corrected chi connectivity index (χ4v) is 1.58. The first kappa shape index (κ1) is 9.15. The molecule has 1 fully saturated rings. The molecule has 0 spiro atoms. The van der Waals surface area contributed by atoms with E-state index in [1.54, 1.807) is 12.1 Å². The van der Waals surface area contributed by atoms with Gasteiger partial charge in [-0.1, -0.05) is 6.07 Å². The van der Waals surface area contributed by atoms with Crippen molar-refractivity contribution in [2.24, 2.45) is 0 Å². The van der Waals surface area contributed by atoms with Crippen molar-refractivity contribution in [3.05, 3.63) is 30.1 Å². The number of nitrogens with zero attached hydrogens (tertiary/aromatic N) is 1. The number of anilines is 1. The third-order valence-corrected chi connectivity index (χ3v) is 2.22. The van der Waals surface area contributed by atoms with Gasteiger partial charge in [0.2, 0.25) is 5.91 Å². The van der Waals surface area contributed by atoms with Gasteiger partial charge in [-0.2, -0.15) is 0 Å². The Morgan fingerprint density at radius 2 is 2.29 bits per heavy atom. The number of carbonyl (C=O) groups is 1. The Hall–Kier alpha value is -1.42. The molecule has 14 heavy (non-hydrogen) atoms. The minimum absolute atomic E-state index is 0.122. The summed E-state index contributed by atoms with van der Waals surface area (Å²) in [7, 11) is 0. The number of amides is 1. The van der Waals surface area contributed by atoms with Gasteiger partial charge in [0.05, 0.1) is 19.1 Å². The molecule has 1 unspecified atom stereocenters. The van der Waals surface area contributed by atoms with Crippen LogP contribution in [-0.4, -0.2) is 23.7 Å². The van der Waals surface area contributed by atoms with E-state index >= 15 is 0 Å². The molecule has 1 atom stereocenters. The van der Waals surface area contributed by atoms with E-state index in [0.29, 0.717) is 5.69 Å². The summed E-state index contributed by atoms with van der Waals surface area (Å²) in [6.07, 6.45) is -0.512. The third kappa shape index (κ3) is 1.61. The summed E-state index contributed by atoms with van der Waals surface area (Å²) in [5.74, 6) is -0.542. The highest BCUT2D eigenvalue weighted by Gasteiger charge is 2.28. The lowest BCUT2D eigenvalue weighted by molar-refractivity contribution is -0.117. The number of hydrogen-bond acceptors (Lipinski definition) is 2. The van der Waals surface area contributed by atoms with Crippen molar-refractivity contribution >= 4 is 11.6 Å². The maximum Gasteiger partial charge on any atom is 0.229 e. The largest absolute Gasteiger partial charge is 0.391 e. The average Bonchev–Trinajstić information content (AvgIpc) is 2.45. The van der Waals surface area contributed by atoms with Crippen molar-refractivity contribution in [3.63, 3.8) is 0 Å². The van der Waals surface area contributed by atoms with E-state index < -0.39 is 6.10 Å². The van der Waals surface area contributed by atoms with Gasteiger partial charge in [0.25, 0.3) is 0 Å². The highest BCUT2D eigenvalue weighted by Crippen LogP contribution is 2.21. The minimum Gasteiger partial charge on any atom is -0.391 e. The molecule has 4 heteroatoms. The molecule has 1 aromatic rings. The molecular weight excluding hydrogens is 185 g/mol. The number of β-amino-alcohol motifs (C(OH)–C–C–N with tert-alkyl or cyclic N) is 1. The summed E-state index contributed by atoms with van der Waals surface area (Å²) in [6.45, 7) is 0.252. The lowest BCUT2D eigenvalue weighted by atomic mass is 10.3. The second-order valence-corrected chi connectivity index (χ2v) is 3.34. The number of aliphatic hydroxyl groups is 1. The van der Waals surface area contributed by atoms with E-state index in [2.05, 4.69) is 0 Å². The van der Waals surface area contributed by atoms with Crippen LogP contribution in [0, 0.1) is 5.82 Å². The van der Waals surface area contributed by atoms with Gasteiger partial charge in [-0.25, -0.2) is 4.39 Å². The topological polar surface area (TPSA) is 40.5 Å². The van der Waals surface area contributed by atoms with Crippen LogP contribution in [0.4, 0.5) is 10.1 Å². The third-order valence-electron chi connectivity index (χ3n) is 2.22. The van der Waals surface area contributed by atoms with Crippen LogP contribution in [0.5, 0.6) is 0 Å². The van der Waals surface area contributed by atoms with Crippen molar-refractivity contribution in [2.45, 2.75) is 12.5 Å². The predicted molar refractivity (Wildman–Crippen MR) is 49.4 cm³/mol. The standard InChI is InChI=1S/C10H10FNO2/c11-7-2-1-3-8(4-7)12-6-9(13)5-10(12)14/h1-4,9,13H,5-6H2. The van der Waals surface area contributed by atoms with Gasteiger partial charge in [-0.05, 0) is 18.2 Å². The highest BCUT2D eigenvalue weighted by molar-refractivity contribution is 5.95. The summed E-state index contributed by atoms with van der Waals surface area (Å²) in [5, 5.41) is 9.24. The first-order valence-electron chi connectivity index (χ1n) is 4.41. The number of benzene rings is 1. The Bertz CT molecular complexity index is 367. The van der Waals surface area contributed by atoms with Gasteiger partial charge in [0, 0.05) is 5.69 Å². The van der Waals surface area contributed by atoms with E-state index in [1.165, 1.54) is 17.0 Å². The van der Waals surface area contributed by atoms with Crippen LogP contribution in [0.25, 0.3) is 0 Å². The van der Waals surface area contributed by atoms with Gasteiger partial charge >= 0.3 is 0 Å². The Kier molecular flexibility index (Phi) is 2.21. The SMILES string of the molecule is O=C1CC(O)CN1c1cccc(F)c1. The summed E-state index contributed by atoms with van der Waals surface area (Å²) >= 11 is 0. The molecule has 0 radical (unpaired) electrons. The zero-order valence-electron chi connectivity index (χ0n) is 7.48. The van der Waals surface area contributed by atoms with Crippen molar-refractivity contribution in [1.82, 2.24) is 0 Å². The first-order chi connectivity index (χ1) is 6.66. The summed E-state index contributed by atoms with van der Waals surface area (Å²) < 4.78 is 12.8. The molecule has 2 rings (SSSR count). The highest BCUT2D eigenvalue weighted by atomic mass is 19.1. The summed E-state index contributed by atoms with van der Waals surface area (Å²) in [5.41, 5.74) is 0.506. The van der Waals surface area contributed by atoms with Crippen LogP contribution >= 0.6 is 0 Å². The van der Waals surface area contributed by atoms with Gasteiger partial charge in [0.15, 0.2) is 0 Å². The second-order valence-electron chi connectivity index (χ2n) is 3.34. The minimum atomic E-state index is -0.634. The fourth-order valence-electron chi connectivity index (χ4n) is 1.58. The number of halogens is 1. The lowest BCUT2D eigenvalue weighted by Gasteiger charge is -2.15. The molecule has 3 nitrogen and oxygen atoms in total. The Labute approximate surface area is 80.8 Å². The van der Waals surface area contributed by atoms with Gasteiger partial charge < -0.3 is 10.0 Å². The quantitative estimate of drug-likeness (QED) is 0.724. The Morgan fingerprint density at radius 1 is 1.50 bits per heavy atom. The molecule has 0 aliphatic carbocycles. The van der Waals surface area contributed by atoms with E-state index in [4.69, 9.17) is 0 Å². The number of rotatable bonds is 1. The van der Waals surface area contributed by atoms with Crippen LogP contribution in [0.3, 0.4) is 0 Å². The van der Waals surface area contributed by atoms with Crippen molar-refractivity contribution in [2.75, 3.05) is 11.4 Å². The average molecular weight is 195 g/mol. The molecule has 1 N–H and O–H groups in total. The molecule has 0 bridgehead atoms. The van der Waals surface area contributed by atoms with Gasteiger partial charge in [0.1, 0.15) is 5.82 Å². The maximum atomic E-state index is 12.8. The van der Waals surface area contributed by atoms with Crippen LogP contribution in [0.1, 0.15) is 6.42 Å². The van der Waals surface area contributed by atoms with Crippen LogP contribution < -0.4 is 4.90 Å². The first-order valence-corrected chi connectivity index (χ1v) is 4.41. The molecule has 74 valence electrons. The zero-order valence-corrected chi connectivity index (χ0v) is 7.48. The predicted octanol–water partition coefficient (Wildman–Crippen LogP) is 0.923. The van der Waals surface area contributed by atoms with Gasteiger partial charge in [-0.15, -0.1) is 0 Å². The second kappa shape index (κ2) is 3.38. The zero-order chi connectivity index (χ0) is 10.1. The fraction of sp³-hybridized carbons (Fsp3) is 0.300. The molecular formula is C10H10FNO2. The number of carbonyl (C=O) groups excluding carboxylic acids is 1. The van der Waals surface area contributed by atoms with Crippen LogP contribution in [0.2, 0.25) is 0 Å². The van der Waals surface area contributed by atoms with E-state index in [-0.39, 0.29) is 24.7 Å². The molecule has 1 aliphatic rings. The summed E-state index contributed by atoms with van der Waals surface area (Å²) in [4.78, 5) is 12.7. The van der Waals surface area contributed by atoms with Crippen molar-refractivity contribution < 1.29 is 14.3 Å². The van der Waals surface area contributed by atoms with Crippen molar-refractivity contribution in [3.8, 4) is 0 Å². The number of aliphatic hydroxyl groups excluding tert-OH is 1. The maximum absolute atomic E-state index is 12.8. The molecule has 1 aliphatic heterocycles. The van der Waals surface area contributed by atoms with E-state index in [0.717, 1.165) is 0 Å². The molecule has 0 aromatic heterocycles. The smallest absolute Gasteiger partial charge is 0.229 e. The molecule has 1 aromatic carbocycles. The van der Waals surface area contributed by atoms with E-state index in [9.17, 15) is 14.3 Å². The lowest BCUT2D eigenvalue weighted by Crippen LogP contribution is -2.25. The molecule has 0 saturated carbocycles. The van der Waals surface area contributed by atoms with Crippen LogP contribution in [-0.2, 0) is 4.79 Å². The Morgan fingerprint density at radius 3 is 2.86 bits per heavy atom.